The fraction of sp³-hybridized carbons (Fsp3) is 0.333. The molecule has 7 heteroatoms. The van der Waals surface area contributed by atoms with E-state index in [0.29, 0.717) is 6.07 Å². The molecule has 0 unspecified atom stereocenters. The lowest BCUT2D eigenvalue weighted by molar-refractivity contribution is -0.150. The Morgan fingerprint density at radius 1 is 1.42 bits per heavy atom. The highest BCUT2D eigenvalue weighted by molar-refractivity contribution is 5.74. The molecule has 0 N–H and O–H groups in total. The Morgan fingerprint density at radius 3 is 2.53 bits per heavy atom. The summed E-state index contributed by atoms with van der Waals surface area (Å²) in [7, 11) is 1.10. The minimum absolute atomic E-state index is 0.148. The molecule has 0 aliphatic carbocycles. The Labute approximate surface area is 107 Å². The van der Waals surface area contributed by atoms with Crippen molar-refractivity contribution in [2.45, 2.75) is 19.2 Å². The number of methoxy groups -OCH3 is 1. The fourth-order valence-electron chi connectivity index (χ4n) is 1.33. The summed E-state index contributed by atoms with van der Waals surface area (Å²) in [6.45, 7) is 1.27. The van der Waals surface area contributed by atoms with E-state index in [-0.39, 0.29) is 5.56 Å². The zero-order valence-corrected chi connectivity index (χ0v) is 10.1. The quantitative estimate of drug-likeness (QED) is 0.794. The minimum Gasteiger partial charge on any atom is -0.478 e. The number of benzene rings is 1. The predicted octanol–water partition coefficient (Wildman–Crippen LogP) is 2.52. The van der Waals surface area contributed by atoms with Gasteiger partial charge in [-0.25, -0.2) is 4.79 Å². The second-order valence-corrected chi connectivity index (χ2v) is 3.60. The predicted molar refractivity (Wildman–Crippen MR) is 58.3 cm³/mol. The van der Waals surface area contributed by atoms with Crippen molar-refractivity contribution >= 4 is 5.97 Å². The lowest BCUT2D eigenvalue weighted by atomic mass is 10.1. The van der Waals surface area contributed by atoms with Gasteiger partial charge >= 0.3 is 12.1 Å². The van der Waals surface area contributed by atoms with Crippen LogP contribution in [0.4, 0.5) is 13.2 Å². The first kappa shape index (κ1) is 14.8. The van der Waals surface area contributed by atoms with Gasteiger partial charge in [0.15, 0.2) is 6.10 Å². The van der Waals surface area contributed by atoms with E-state index >= 15 is 0 Å². The van der Waals surface area contributed by atoms with Gasteiger partial charge in [-0.05, 0) is 25.1 Å². The molecule has 0 fully saturated rings. The Kier molecular flexibility index (Phi) is 4.38. The maximum atomic E-state index is 12.8. The maximum Gasteiger partial charge on any atom is 0.420 e. The summed E-state index contributed by atoms with van der Waals surface area (Å²) in [5, 5.41) is 8.59. The van der Waals surface area contributed by atoms with Crippen molar-refractivity contribution in [2.75, 3.05) is 7.11 Å². The van der Waals surface area contributed by atoms with E-state index in [9.17, 15) is 18.0 Å². The van der Waals surface area contributed by atoms with Crippen LogP contribution in [0.1, 0.15) is 18.1 Å². The van der Waals surface area contributed by atoms with Gasteiger partial charge in [-0.3, -0.25) is 0 Å². The van der Waals surface area contributed by atoms with E-state index in [4.69, 9.17) is 10.00 Å². The molecule has 0 heterocycles. The number of esters is 1. The first-order valence-corrected chi connectivity index (χ1v) is 5.15. The molecule has 0 saturated carbocycles. The number of ether oxygens (including phenoxy) is 2. The highest BCUT2D eigenvalue weighted by Crippen LogP contribution is 2.37. The van der Waals surface area contributed by atoms with Gasteiger partial charge in [0.1, 0.15) is 5.75 Å². The number of nitriles is 1. The number of carbonyl (C=O) groups is 1. The molecule has 0 radical (unpaired) electrons. The summed E-state index contributed by atoms with van der Waals surface area (Å²) < 4.78 is 47.7. The molecule has 0 bridgehead atoms. The largest absolute Gasteiger partial charge is 0.478 e. The third kappa shape index (κ3) is 3.61. The molecule has 0 aliphatic rings. The topological polar surface area (TPSA) is 59.3 Å². The van der Waals surface area contributed by atoms with Crippen molar-refractivity contribution in [1.82, 2.24) is 0 Å². The first-order chi connectivity index (χ1) is 8.79. The van der Waals surface area contributed by atoms with Gasteiger partial charge in [0, 0.05) is 0 Å². The highest BCUT2D eigenvalue weighted by Gasteiger charge is 2.35. The van der Waals surface area contributed by atoms with Gasteiger partial charge in [-0.1, -0.05) is 0 Å². The number of carbonyl (C=O) groups excluding carboxylic acids is 1. The van der Waals surface area contributed by atoms with Gasteiger partial charge in [-0.15, -0.1) is 0 Å². The molecular formula is C12H10F3NO3. The summed E-state index contributed by atoms with van der Waals surface area (Å²) in [5.41, 5.74) is -1.26. The summed E-state index contributed by atoms with van der Waals surface area (Å²) in [4.78, 5) is 11.1. The van der Waals surface area contributed by atoms with Crippen LogP contribution in [0.25, 0.3) is 0 Å². The van der Waals surface area contributed by atoms with E-state index in [2.05, 4.69) is 4.74 Å². The van der Waals surface area contributed by atoms with Crippen LogP contribution >= 0.6 is 0 Å². The van der Waals surface area contributed by atoms with Crippen molar-refractivity contribution in [3.63, 3.8) is 0 Å². The Bertz CT molecular complexity index is 520. The van der Waals surface area contributed by atoms with E-state index < -0.39 is 29.6 Å². The SMILES string of the molecule is COC(=O)[C@@H](C)Oc1ccc(C#N)cc1C(F)(F)F. The zero-order valence-electron chi connectivity index (χ0n) is 10.1. The molecular weight excluding hydrogens is 263 g/mol. The number of hydrogen-bond acceptors (Lipinski definition) is 4. The fourth-order valence-corrected chi connectivity index (χ4v) is 1.33. The Hall–Kier alpha value is -2.23. The third-order valence-corrected chi connectivity index (χ3v) is 2.25. The second-order valence-electron chi connectivity index (χ2n) is 3.60. The summed E-state index contributed by atoms with van der Waals surface area (Å²) >= 11 is 0. The van der Waals surface area contributed by atoms with Gasteiger partial charge in [0.25, 0.3) is 0 Å². The molecule has 0 aliphatic heterocycles. The standard InChI is InChI=1S/C12H10F3NO3/c1-7(11(17)18-2)19-10-4-3-8(6-16)5-9(10)12(13,14)15/h3-5,7H,1-2H3/t7-/m1/s1. The third-order valence-electron chi connectivity index (χ3n) is 2.25. The van der Waals surface area contributed by atoms with Crippen molar-refractivity contribution in [3.8, 4) is 11.8 Å². The zero-order chi connectivity index (χ0) is 14.6. The molecule has 0 spiro atoms. The van der Waals surface area contributed by atoms with E-state index in [1.54, 1.807) is 6.07 Å². The van der Waals surface area contributed by atoms with Crippen molar-refractivity contribution in [1.29, 1.82) is 5.26 Å². The number of halogens is 3. The molecule has 0 saturated heterocycles. The van der Waals surface area contributed by atoms with Crippen LogP contribution in [0, 0.1) is 11.3 Å². The lowest BCUT2D eigenvalue weighted by Gasteiger charge is -2.17. The molecule has 0 amide bonds. The van der Waals surface area contributed by atoms with E-state index in [0.717, 1.165) is 13.2 Å². The minimum atomic E-state index is -4.68. The lowest BCUT2D eigenvalue weighted by Crippen LogP contribution is -2.26. The molecule has 19 heavy (non-hydrogen) atoms. The number of nitrogens with zero attached hydrogens (tertiary/aromatic N) is 1. The molecule has 1 rings (SSSR count). The van der Waals surface area contributed by atoms with Crippen LogP contribution in [0.2, 0.25) is 0 Å². The van der Waals surface area contributed by atoms with Crippen molar-refractivity contribution < 1.29 is 27.4 Å². The normalized spacial score (nSPS) is 12.4. The average molecular weight is 273 g/mol. The number of hydrogen-bond donors (Lipinski definition) is 0. The van der Waals surface area contributed by atoms with Gasteiger partial charge < -0.3 is 9.47 Å². The number of rotatable bonds is 3. The van der Waals surface area contributed by atoms with E-state index in [1.807, 2.05) is 0 Å². The summed E-state index contributed by atoms with van der Waals surface area (Å²) in [6.07, 6.45) is -5.86. The summed E-state index contributed by atoms with van der Waals surface area (Å²) in [5.74, 6) is -1.32. The number of alkyl halides is 3. The summed E-state index contributed by atoms with van der Waals surface area (Å²) in [6, 6.07) is 4.45. The average Bonchev–Trinajstić information content (AvgIpc) is 2.36. The molecule has 4 nitrogen and oxygen atoms in total. The van der Waals surface area contributed by atoms with Gasteiger partial charge in [0.05, 0.1) is 24.3 Å². The molecule has 1 aromatic rings. The van der Waals surface area contributed by atoms with Crippen LogP contribution < -0.4 is 4.74 Å². The smallest absolute Gasteiger partial charge is 0.420 e. The van der Waals surface area contributed by atoms with Crippen molar-refractivity contribution in [3.05, 3.63) is 29.3 Å². The maximum absolute atomic E-state index is 12.8. The molecule has 1 aromatic carbocycles. The Balaban J connectivity index is 3.14. The second kappa shape index (κ2) is 5.61. The molecule has 1 atom stereocenters. The van der Waals surface area contributed by atoms with E-state index in [1.165, 1.54) is 13.0 Å². The monoisotopic (exact) mass is 273 g/mol. The van der Waals surface area contributed by atoms with Crippen molar-refractivity contribution in [2.24, 2.45) is 0 Å². The van der Waals surface area contributed by atoms with Crippen LogP contribution in [0.5, 0.6) is 5.75 Å². The Morgan fingerprint density at radius 2 is 2.05 bits per heavy atom. The highest BCUT2D eigenvalue weighted by atomic mass is 19.4. The van der Waals surface area contributed by atoms with Crippen LogP contribution in [-0.2, 0) is 15.7 Å². The first-order valence-electron chi connectivity index (χ1n) is 5.15. The van der Waals surface area contributed by atoms with Crippen LogP contribution in [0.3, 0.4) is 0 Å². The molecule has 102 valence electrons. The van der Waals surface area contributed by atoms with Crippen LogP contribution in [-0.4, -0.2) is 19.2 Å². The van der Waals surface area contributed by atoms with Crippen LogP contribution in [0.15, 0.2) is 18.2 Å². The molecule has 0 aromatic heterocycles. The van der Waals surface area contributed by atoms with Gasteiger partial charge in [-0.2, -0.15) is 18.4 Å². The van der Waals surface area contributed by atoms with Gasteiger partial charge in [0.2, 0.25) is 0 Å².